The Hall–Kier alpha value is -5.02. The van der Waals surface area contributed by atoms with Gasteiger partial charge in [0.05, 0.1) is 5.75 Å². The minimum atomic E-state index is -0.647. The van der Waals surface area contributed by atoms with E-state index in [1.165, 1.54) is 43.0 Å². The fourth-order valence-electron chi connectivity index (χ4n) is 3.69. The summed E-state index contributed by atoms with van der Waals surface area (Å²) in [6, 6.07) is 27.8. The maximum atomic E-state index is 14.4. The molecule has 4 aromatic carbocycles. The summed E-state index contributed by atoms with van der Waals surface area (Å²) in [5, 5.41) is 8.10. The minimum Gasteiger partial charge on any atom is -0.325 e. The Balaban J connectivity index is 1.43. The van der Waals surface area contributed by atoms with Gasteiger partial charge in [0.15, 0.2) is 5.78 Å². The molecular weight excluding hydrogens is 541 g/mol. The largest absolute Gasteiger partial charge is 0.325 e. The predicted molar refractivity (Wildman–Crippen MR) is 159 cm³/mol. The summed E-state index contributed by atoms with van der Waals surface area (Å²) < 4.78 is 14.4. The van der Waals surface area contributed by atoms with Crippen molar-refractivity contribution in [2.24, 2.45) is 0 Å². The second kappa shape index (κ2) is 13.9. The quantitative estimate of drug-likeness (QED) is 0.121. The highest BCUT2D eigenvalue weighted by Gasteiger charge is 2.16. The van der Waals surface area contributed by atoms with Crippen LogP contribution < -0.4 is 16.0 Å². The average molecular weight is 568 g/mol. The van der Waals surface area contributed by atoms with Crippen LogP contribution in [0.4, 0.5) is 15.8 Å². The van der Waals surface area contributed by atoms with E-state index in [4.69, 9.17) is 0 Å². The van der Waals surface area contributed by atoms with E-state index in [0.717, 1.165) is 4.90 Å². The van der Waals surface area contributed by atoms with Gasteiger partial charge in [0.25, 0.3) is 11.8 Å². The van der Waals surface area contributed by atoms with E-state index in [1.54, 1.807) is 84.9 Å². The maximum Gasteiger partial charge on any atom is 0.272 e. The number of Topliss-reactive ketones (excluding diaryl/α,β-unsaturated/α-hetero) is 1. The molecule has 206 valence electrons. The van der Waals surface area contributed by atoms with Crippen LogP contribution in [0.3, 0.4) is 0 Å². The van der Waals surface area contributed by atoms with Crippen LogP contribution in [-0.2, 0) is 9.59 Å². The number of carbonyl (C=O) groups is 4. The second-order valence-corrected chi connectivity index (χ2v) is 9.90. The molecule has 0 unspecified atom stereocenters. The Bertz CT molecular complexity index is 1610. The molecule has 0 radical (unpaired) electrons. The number of hydrogen-bond acceptors (Lipinski definition) is 5. The average Bonchev–Trinajstić information content (AvgIpc) is 2.97. The molecule has 4 rings (SSSR count). The van der Waals surface area contributed by atoms with E-state index in [9.17, 15) is 23.6 Å². The molecule has 0 aliphatic rings. The van der Waals surface area contributed by atoms with Crippen molar-refractivity contribution in [3.05, 3.63) is 131 Å². The Labute approximate surface area is 240 Å². The molecule has 9 heteroatoms. The number of hydrogen-bond donors (Lipinski definition) is 3. The van der Waals surface area contributed by atoms with Crippen molar-refractivity contribution >= 4 is 52.7 Å². The Morgan fingerprint density at radius 2 is 1.46 bits per heavy atom. The van der Waals surface area contributed by atoms with Gasteiger partial charge in [0.2, 0.25) is 5.91 Å². The molecule has 0 fully saturated rings. The summed E-state index contributed by atoms with van der Waals surface area (Å²) >= 11 is 1.27. The molecule has 0 spiro atoms. The number of carbonyl (C=O) groups excluding carboxylic acids is 4. The lowest BCUT2D eigenvalue weighted by atomic mass is 10.1. The van der Waals surface area contributed by atoms with Gasteiger partial charge in [-0.1, -0.05) is 42.5 Å². The molecular formula is C32H26FN3O4S. The number of ketones is 1. The monoisotopic (exact) mass is 567 g/mol. The van der Waals surface area contributed by atoms with Crippen molar-refractivity contribution in [2.75, 3.05) is 16.4 Å². The summed E-state index contributed by atoms with van der Waals surface area (Å²) in [6.07, 6.45) is 1.28. The molecule has 0 saturated carbocycles. The third-order valence-corrected chi connectivity index (χ3v) is 6.76. The first-order chi connectivity index (χ1) is 19.8. The topological polar surface area (TPSA) is 104 Å². The van der Waals surface area contributed by atoms with E-state index < -0.39 is 17.6 Å². The summed E-state index contributed by atoms with van der Waals surface area (Å²) in [7, 11) is 0. The molecule has 0 heterocycles. The molecule has 0 atom stereocenters. The van der Waals surface area contributed by atoms with Gasteiger partial charge in [-0.15, -0.1) is 11.8 Å². The molecule has 0 aliphatic carbocycles. The maximum absolute atomic E-state index is 14.4. The Kier molecular flexibility index (Phi) is 9.80. The molecule has 0 saturated heterocycles. The molecule has 4 aromatic rings. The Morgan fingerprint density at radius 3 is 2.17 bits per heavy atom. The standard InChI is InChI=1S/C32H26FN3O4S/c1-21(37)22-14-16-25(17-15-22)34-30(38)20-41-27-12-7-11-26(19-27)35-32(40)29(18-24-10-5-6-13-28(24)33)36-31(39)23-8-3-2-4-9-23/h2-19H,20H2,1H3,(H,34,38)(H,35,40)(H,36,39)/b29-18-. The smallest absolute Gasteiger partial charge is 0.272 e. The number of rotatable bonds is 10. The van der Waals surface area contributed by atoms with Crippen LogP contribution >= 0.6 is 11.8 Å². The number of benzene rings is 4. The normalized spacial score (nSPS) is 10.9. The third kappa shape index (κ3) is 8.48. The zero-order valence-corrected chi connectivity index (χ0v) is 22.8. The molecule has 3 N–H and O–H groups in total. The highest BCUT2D eigenvalue weighted by Crippen LogP contribution is 2.23. The van der Waals surface area contributed by atoms with Crippen LogP contribution in [0.15, 0.2) is 114 Å². The summed E-state index contributed by atoms with van der Waals surface area (Å²) in [5.74, 6) is -1.89. The van der Waals surface area contributed by atoms with Crippen LogP contribution in [0, 0.1) is 5.82 Å². The van der Waals surface area contributed by atoms with Gasteiger partial charge in [0.1, 0.15) is 11.5 Å². The Morgan fingerprint density at radius 1 is 0.756 bits per heavy atom. The van der Waals surface area contributed by atoms with Gasteiger partial charge in [-0.3, -0.25) is 19.2 Å². The summed E-state index contributed by atoms with van der Waals surface area (Å²) in [5.41, 5.74) is 1.89. The van der Waals surface area contributed by atoms with Crippen molar-refractivity contribution in [1.82, 2.24) is 5.32 Å². The highest BCUT2D eigenvalue weighted by molar-refractivity contribution is 8.00. The minimum absolute atomic E-state index is 0.0566. The molecule has 7 nitrogen and oxygen atoms in total. The molecule has 3 amide bonds. The lowest BCUT2D eigenvalue weighted by molar-refractivity contribution is -0.114. The molecule has 0 aliphatic heterocycles. The van der Waals surface area contributed by atoms with E-state index in [-0.39, 0.29) is 28.7 Å². The first-order valence-corrected chi connectivity index (χ1v) is 13.5. The molecule has 41 heavy (non-hydrogen) atoms. The van der Waals surface area contributed by atoms with Crippen LogP contribution in [-0.4, -0.2) is 29.3 Å². The van der Waals surface area contributed by atoms with E-state index in [2.05, 4.69) is 16.0 Å². The zero-order valence-electron chi connectivity index (χ0n) is 22.0. The molecule has 0 bridgehead atoms. The van der Waals surface area contributed by atoms with E-state index in [0.29, 0.717) is 22.5 Å². The zero-order chi connectivity index (χ0) is 29.2. The van der Waals surface area contributed by atoms with Crippen molar-refractivity contribution in [3.8, 4) is 0 Å². The summed E-state index contributed by atoms with van der Waals surface area (Å²) in [4.78, 5) is 50.6. The van der Waals surface area contributed by atoms with E-state index >= 15 is 0 Å². The number of halogens is 1. The summed E-state index contributed by atoms with van der Waals surface area (Å²) in [6.45, 7) is 1.47. The van der Waals surface area contributed by atoms with Crippen LogP contribution in [0.5, 0.6) is 0 Å². The fourth-order valence-corrected chi connectivity index (χ4v) is 4.44. The van der Waals surface area contributed by atoms with Gasteiger partial charge < -0.3 is 16.0 Å². The van der Waals surface area contributed by atoms with Crippen LogP contribution in [0.1, 0.15) is 33.2 Å². The van der Waals surface area contributed by atoms with Gasteiger partial charge in [0, 0.05) is 33.0 Å². The van der Waals surface area contributed by atoms with Gasteiger partial charge >= 0.3 is 0 Å². The van der Waals surface area contributed by atoms with E-state index in [1.807, 2.05) is 0 Å². The van der Waals surface area contributed by atoms with Crippen LogP contribution in [0.2, 0.25) is 0 Å². The van der Waals surface area contributed by atoms with Crippen molar-refractivity contribution < 1.29 is 23.6 Å². The first-order valence-electron chi connectivity index (χ1n) is 12.6. The second-order valence-electron chi connectivity index (χ2n) is 8.85. The third-order valence-electron chi connectivity index (χ3n) is 5.77. The molecule has 0 aromatic heterocycles. The van der Waals surface area contributed by atoms with Gasteiger partial charge in [-0.2, -0.15) is 0 Å². The fraction of sp³-hybridized carbons (Fsp3) is 0.0625. The first kappa shape index (κ1) is 29.0. The number of anilines is 2. The van der Waals surface area contributed by atoms with Crippen LogP contribution in [0.25, 0.3) is 6.08 Å². The van der Waals surface area contributed by atoms with Crippen molar-refractivity contribution in [1.29, 1.82) is 0 Å². The highest BCUT2D eigenvalue weighted by atomic mass is 32.2. The number of amides is 3. The van der Waals surface area contributed by atoms with Gasteiger partial charge in [-0.05, 0) is 73.7 Å². The SMILES string of the molecule is CC(=O)c1ccc(NC(=O)CSc2cccc(NC(=O)/C(=C/c3ccccc3F)NC(=O)c3ccccc3)c2)cc1. The number of thioether (sulfide) groups is 1. The lowest BCUT2D eigenvalue weighted by Crippen LogP contribution is -2.30. The van der Waals surface area contributed by atoms with Crippen molar-refractivity contribution in [3.63, 3.8) is 0 Å². The van der Waals surface area contributed by atoms with Gasteiger partial charge in [-0.25, -0.2) is 4.39 Å². The lowest BCUT2D eigenvalue weighted by Gasteiger charge is -2.12. The number of nitrogens with one attached hydrogen (secondary N) is 3. The predicted octanol–water partition coefficient (Wildman–Crippen LogP) is 6.17. The van der Waals surface area contributed by atoms with Crippen molar-refractivity contribution in [2.45, 2.75) is 11.8 Å².